The molecule has 0 bridgehead atoms. The summed E-state index contributed by atoms with van der Waals surface area (Å²) in [6.07, 6.45) is 3.78. The summed E-state index contributed by atoms with van der Waals surface area (Å²) >= 11 is 1.21. The topological polar surface area (TPSA) is 53.4 Å². The second kappa shape index (κ2) is 5.60. The highest BCUT2D eigenvalue weighted by molar-refractivity contribution is 7.11. The Bertz CT molecular complexity index is 384. The minimum atomic E-state index is -0.925. The molecule has 5 heteroatoms. The smallest absolute Gasteiger partial charge is 0.365 e. The van der Waals surface area contributed by atoms with Gasteiger partial charge in [0.25, 0.3) is 0 Å². The Kier molecular flexibility index (Phi) is 4.12. The molecular weight excluding hydrogens is 236 g/mol. The van der Waals surface area contributed by atoms with E-state index in [1.165, 1.54) is 30.6 Å². The molecule has 0 amide bonds. The first-order chi connectivity index (χ1) is 8.19. The van der Waals surface area contributed by atoms with Crippen molar-refractivity contribution in [3.63, 3.8) is 0 Å². The number of rotatable bonds is 4. The molecule has 1 N–H and O–H groups in total. The third-order valence-corrected chi connectivity index (χ3v) is 4.28. The fraction of sp³-hybridized carbons (Fsp3) is 0.667. The average molecular weight is 254 g/mol. The summed E-state index contributed by atoms with van der Waals surface area (Å²) in [4.78, 5) is 17.2. The van der Waals surface area contributed by atoms with Gasteiger partial charge in [-0.25, -0.2) is 9.78 Å². The summed E-state index contributed by atoms with van der Waals surface area (Å²) < 4.78 is 0. The molecule has 0 aromatic carbocycles. The molecule has 1 aromatic heterocycles. The maximum absolute atomic E-state index is 10.7. The molecule has 94 valence electrons. The third kappa shape index (κ3) is 3.26. The van der Waals surface area contributed by atoms with Gasteiger partial charge in [-0.2, -0.15) is 0 Å². The number of nitrogens with zero attached hydrogens (tertiary/aromatic N) is 2. The number of carbonyl (C=O) groups is 1. The normalized spacial score (nSPS) is 18.4. The van der Waals surface area contributed by atoms with Gasteiger partial charge in [-0.15, -0.1) is 11.3 Å². The summed E-state index contributed by atoms with van der Waals surface area (Å²) in [7, 11) is 0. The first-order valence-corrected chi connectivity index (χ1v) is 6.97. The summed E-state index contributed by atoms with van der Waals surface area (Å²) in [6.45, 7) is 5.26. The molecule has 1 aliphatic rings. The maximum Gasteiger partial charge on any atom is 0.365 e. The van der Waals surface area contributed by atoms with Crippen LogP contribution in [0.1, 0.15) is 41.7 Å². The summed E-state index contributed by atoms with van der Waals surface area (Å²) in [5.41, 5.74) is 0.891. The fourth-order valence-electron chi connectivity index (χ4n) is 2.26. The average Bonchev–Trinajstić information content (AvgIpc) is 2.79. The van der Waals surface area contributed by atoms with Crippen LogP contribution in [0, 0.1) is 5.92 Å². The zero-order chi connectivity index (χ0) is 12.3. The molecule has 4 nitrogen and oxygen atoms in total. The number of aromatic nitrogens is 1. The summed E-state index contributed by atoms with van der Waals surface area (Å²) in [6, 6.07) is 0. The number of likely N-dealkylation sites (tertiary alicyclic amines) is 1. The van der Waals surface area contributed by atoms with E-state index in [0.29, 0.717) is 0 Å². The van der Waals surface area contributed by atoms with Crippen LogP contribution >= 0.6 is 11.3 Å². The van der Waals surface area contributed by atoms with Gasteiger partial charge < -0.3 is 5.11 Å². The maximum atomic E-state index is 10.7. The van der Waals surface area contributed by atoms with Gasteiger partial charge in [0, 0.05) is 11.9 Å². The summed E-state index contributed by atoms with van der Waals surface area (Å²) in [5.74, 6) is -0.0535. The lowest BCUT2D eigenvalue weighted by molar-refractivity contribution is 0.0696. The first kappa shape index (κ1) is 12.5. The number of piperidine rings is 1. The van der Waals surface area contributed by atoms with E-state index in [9.17, 15) is 4.79 Å². The zero-order valence-corrected chi connectivity index (χ0v) is 10.9. The number of thiazole rings is 1. The predicted octanol–water partition coefficient (Wildman–Crippen LogP) is 2.46. The van der Waals surface area contributed by atoms with Crippen LogP contribution in [0.15, 0.2) is 5.38 Å². The van der Waals surface area contributed by atoms with Crippen LogP contribution in [0.4, 0.5) is 0 Å². The molecule has 2 rings (SSSR count). The van der Waals surface area contributed by atoms with Gasteiger partial charge in [0.2, 0.25) is 5.01 Å². The van der Waals surface area contributed by atoms with E-state index < -0.39 is 5.97 Å². The molecule has 0 atom stereocenters. The van der Waals surface area contributed by atoms with Crippen LogP contribution in [0.25, 0.3) is 0 Å². The lowest BCUT2D eigenvalue weighted by Crippen LogP contribution is -2.33. The van der Waals surface area contributed by atoms with Crippen molar-refractivity contribution in [3.8, 4) is 0 Å². The Morgan fingerprint density at radius 2 is 2.29 bits per heavy atom. The standard InChI is InChI=1S/C12H18N2O2S/c1-2-9-3-5-14(6-4-9)7-10-8-17-11(13-10)12(15)16/h8-9H,2-7H2,1H3,(H,15,16). The van der Waals surface area contributed by atoms with E-state index in [2.05, 4.69) is 16.8 Å². The molecule has 0 aliphatic carbocycles. The minimum absolute atomic E-state index is 0.198. The Balaban J connectivity index is 1.86. The van der Waals surface area contributed by atoms with Crippen molar-refractivity contribution in [1.29, 1.82) is 0 Å². The highest BCUT2D eigenvalue weighted by atomic mass is 32.1. The van der Waals surface area contributed by atoms with Gasteiger partial charge in [0.15, 0.2) is 0 Å². The van der Waals surface area contributed by atoms with Gasteiger partial charge in [-0.05, 0) is 31.8 Å². The SMILES string of the molecule is CCC1CCN(Cc2csc(C(=O)O)n2)CC1. The van der Waals surface area contributed by atoms with Crippen molar-refractivity contribution in [1.82, 2.24) is 9.88 Å². The molecule has 0 radical (unpaired) electrons. The molecule has 0 unspecified atom stereocenters. The number of carboxylic acids is 1. The number of hydrogen-bond donors (Lipinski definition) is 1. The quantitative estimate of drug-likeness (QED) is 0.896. The van der Waals surface area contributed by atoms with Crippen LogP contribution in [0.3, 0.4) is 0 Å². The van der Waals surface area contributed by atoms with E-state index in [1.807, 2.05) is 5.38 Å². The van der Waals surface area contributed by atoms with Crippen LogP contribution in [0.2, 0.25) is 0 Å². The second-order valence-corrected chi connectivity index (χ2v) is 5.44. The van der Waals surface area contributed by atoms with Crippen molar-refractivity contribution >= 4 is 17.3 Å². The van der Waals surface area contributed by atoms with Crippen LogP contribution < -0.4 is 0 Å². The number of aromatic carboxylic acids is 1. The second-order valence-electron chi connectivity index (χ2n) is 4.58. The number of carboxylic acid groups (broad SMARTS) is 1. The van der Waals surface area contributed by atoms with Gasteiger partial charge in [-0.1, -0.05) is 13.3 Å². The van der Waals surface area contributed by atoms with E-state index in [-0.39, 0.29) is 5.01 Å². The van der Waals surface area contributed by atoms with Crippen molar-refractivity contribution in [2.75, 3.05) is 13.1 Å². The molecule has 0 spiro atoms. The van der Waals surface area contributed by atoms with E-state index in [1.54, 1.807) is 0 Å². The van der Waals surface area contributed by atoms with Gasteiger partial charge >= 0.3 is 5.97 Å². The molecular formula is C12H18N2O2S. The molecule has 1 aromatic rings. The summed E-state index contributed by atoms with van der Waals surface area (Å²) in [5, 5.41) is 10.9. The monoisotopic (exact) mass is 254 g/mol. The van der Waals surface area contributed by atoms with Gasteiger partial charge in [0.05, 0.1) is 5.69 Å². The largest absolute Gasteiger partial charge is 0.476 e. The molecule has 1 saturated heterocycles. The Morgan fingerprint density at radius 1 is 1.59 bits per heavy atom. The van der Waals surface area contributed by atoms with Crippen molar-refractivity contribution in [2.45, 2.75) is 32.7 Å². The van der Waals surface area contributed by atoms with E-state index >= 15 is 0 Å². The Hall–Kier alpha value is -0.940. The van der Waals surface area contributed by atoms with E-state index in [4.69, 9.17) is 5.11 Å². The Labute approximate surface area is 105 Å². The third-order valence-electron chi connectivity index (χ3n) is 3.40. The predicted molar refractivity (Wildman–Crippen MR) is 67.4 cm³/mol. The van der Waals surface area contributed by atoms with Crippen molar-refractivity contribution in [3.05, 3.63) is 16.1 Å². The molecule has 2 heterocycles. The van der Waals surface area contributed by atoms with Gasteiger partial charge in [0.1, 0.15) is 0 Å². The van der Waals surface area contributed by atoms with Gasteiger partial charge in [-0.3, -0.25) is 4.90 Å². The molecule has 0 saturated carbocycles. The van der Waals surface area contributed by atoms with E-state index in [0.717, 1.165) is 31.2 Å². The minimum Gasteiger partial charge on any atom is -0.476 e. The lowest BCUT2D eigenvalue weighted by atomic mass is 9.94. The zero-order valence-electron chi connectivity index (χ0n) is 10.1. The Morgan fingerprint density at radius 3 is 2.82 bits per heavy atom. The fourth-order valence-corrected chi connectivity index (χ4v) is 2.91. The highest BCUT2D eigenvalue weighted by Gasteiger charge is 2.19. The van der Waals surface area contributed by atoms with Crippen LogP contribution in [-0.2, 0) is 6.54 Å². The number of hydrogen-bond acceptors (Lipinski definition) is 4. The molecule has 1 fully saturated rings. The van der Waals surface area contributed by atoms with Crippen molar-refractivity contribution in [2.24, 2.45) is 5.92 Å². The van der Waals surface area contributed by atoms with Crippen LogP contribution in [0.5, 0.6) is 0 Å². The van der Waals surface area contributed by atoms with Crippen molar-refractivity contribution < 1.29 is 9.90 Å². The first-order valence-electron chi connectivity index (χ1n) is 6.09. The molecule has 17 heavy (non-hydrogen) atoms. The molecule has 1 aliphatic heterocycles. The highest BCUT2D eigenvalue weighted by Crippen LogP contribution is 2.21. The van der Waals surface area contributed by atoms with Crippen LogP contribution in [-0.4, -0.2) is 34.0 Å². The lowest BCUT2D eigenvalue weighted by Gasteiger charge is -2.30.